The van der Waals surface area contributed by atoms with Gasteiger partial charge in [0.15, 0.2) is 0 Å². The predicted molar refractivity (Wildman–Crippen MR) is 110 cm³/mol. The van der Waals surface area contributed by atoms with Crippen LogP contribution in [0.2, 0.25) is 0 Å². The molecule has 0 spiro atoms. The minimum atomic E-state index is -0.532. The Balaban J connectivity index is 2.38. The Labute approximate surface area is 166 Å². The number of amides is 2. The Hall–Kier alpha value is -2.91. The van der Waals surface area contributed by atoms with Crippen LogP contribution < -0.4 is 4.90 Å². The molecular weight excluding hydrogens is 354 g/mol. The molecule has 0 fully saturated rings. The van der Waals surface area contributed by atoms with Gasteiger partial charge in [0.05, 0.1) is 0 Å². The van der Waals surface area contributed by atoms with E-state index >= 15 is 0 Å². The van der Waals surface area contributed by atoms with E-state index in [1.165, 1.54) is 0 Å². The third-order valence-corrected chi connectivity index (χ3v) is 4.89. The number of ether oxygens (including phenoxy) is 1. The maximum Gasteiger partial charge on any atom is 0.271 e. The highest BCUT2D eigenvalue weighted by molar-refractivity contribution is 6.19. The Morgan fingerprint density at radius 2 is 1.79 bits per heavy atom. The average molecular weight is 381 g/mol. The zero-order valence-electron chi connectivity index (χ0n) is 17.0. The SMILES string of the molecule is CCN(CC)c1ccc(/C=C2/C(=O)N(CCCOC)C(=O)C(C#N)=C2C)cc1. The lowest BCUT2D eigenvalue weighted by Gasteiger charge is -2.27. The Bertz CT molecular complexity index is 828. The highest BCUT2D eigenvalue weighted by Gasteiger charge is 2.34. The lowest BCUT2D eigenvalue weighted by Crippen LogP contribution is -2.43. The summed E-state index contributed by atoms with van der Waals surface area (Å²) in [7, 11) is 1.57. The van der Waals surface area contributed by atoms with Gasteiger partial charge in [0.2, 0.25) is 0 Å². The summed E-state index contributed by atoms with van der Waals surface area (Å²) in [5, 5.41) is 9.42. The molecule has 0 aliphatic carbocycles. The van der Waals surface area contributed by atoms with Gasteiger partial charge in [-0.3, -0.25) is 14.5 Å². The molecule has 1 aromatic carbocycles. The fourth-order valence-electron chi connectivity index (χ4n) is 3.24. The van der Waals surface area contributed by atoms with Gasteiger partial charge in [-0.1, -0.05) is 12.1 Å². The highest BCUT2D eigenvalue weighted by Crippen LogP contribution is 2.27. The molecule has 0 saturated carbocycles. The van der Waals surface area contributed by atoms with Crippen molar-refractivity contribution in [2.45, 2.75) is 27.2 Å². The van der Waals surface area contributed by atoms with Crippen molar-refractivity contribution >= 4 is 23.6 Å². The van der Waals surface area contributed by atoms with Crippen molar-refractivity contribution in [1.82, 2.24) is 4.90 Å². The number of hydrogen-bond donors (Lipinski definition) is 0. The van der Waals surface area contributed by atoms with E-state index in [0.29, 0.717) is 24.2 Å². The Morgan fingerprint density at radius 3 is 2.32 bits per heavy atom. The first kappa shape index (κ1) is 21.4. The number of anilines is 1. The molecule has 148 valence electrons. The molecule has 6 heteroatoms. The summed E-state index contributed by atoms with van der Waals surface area (Å²) in [5.41, 5.74) is 2.78. The molecule has 6 nitrogen and oxygen atoms in total. The van der Waals surface area contributed by atoms with E-state index < -0.39 is 5.91 Å². The number of hydrogen-bond acceptors (Lipinski definition) is 5. The predicted octanol–water partition coefficient (Wildman–Crippen LogP) is 3.16. The molecule has 1 aliphatic rings. The van der Waals surface area contributed by atoms with Crippen molar-refractivity contribution < 1.29 is 14.3 Å². The summed E-state index contributed by atoms with van der Waals surface area (Å²) in [6, 6.07) is 9.87. The molecule has 0 N–H and O–H groups in total. The molecule has 0 aromatic heterocycles. The standard InChI is InChI=1S/C22H27N3O3/c1-5-24(6-2)18-10-8-17(9-11-18)14-19-16(3)20(15-23)22(27)25(21(19)26)12-7-13-28-4/h8-11,14H,5-7,12-13H2,1-4H3/b19-14+. The van der Waals surface area contributed by atoms with Crippen molar-refractivity contribution in [3.05, 3.63) is 46.5 Å². The number of imide groups is 1. The molecule has 2 rings (SSSR count). The largest absolute Gasteiger partial charge is 0.385 e. The maximum absolute atomic E-state index is 12.9. The van der Waals surface area contributed by atoms with Crippen LogP contribution in [0.15, 0.2) is 41.0 Å². The quantitative estimate of drug-likeness (QED) is 0.393. The van der Waals surface area contributed by atoms with Crippen molar-refractivity contribution in [1.29, 1.82) is 5.26 Å². The van der Waals surface area contributed by atoms with Crippen LogP contribution in [0, 0.1) is 11.3 Å². The zero-order chi connectivity index (χ0) is 20.7. The normalized spacial score (nSPS) is 16.0. The minimum absolute atomic E-state index is 0.0167. The Kier molecular flexibility index (Phi) is 7.53. The first-order valence-electron chi connectivity index (χ1n) is 9.51. The number of nitriles is 1. The van der Waals surface area contributed by atoms with Crippen LogP contribution >= 0.6 is 0 Å². The van der Waals surface area contributed by atoms with Gasteiger partial charge in [0, 0.05) is 44.6 Å². The molecule has 1 aromatic rings. The van der Waals surface area contributed by atoms with Gasteiger partial charge in [-0.05, 0) is 56.5 Å². The van der Waals surface area contributed by atoms with E-state index in [-0.39, 0.29) is 18.0 Å². The molecule has 0 bridgehead atoms. The summed E-state index contributed by atoms with van der Waals surface area (Å²) in [6.07, 6.45) is 2.27. The molecule has 28 heavy (non-hydrogen) atoms. The summed E-state index contributed by atoms with van der Waals surface area (Å²) in [5.74, 6) is -0.902. The number of carbonyl (C=O) groups excluding carboxylic acids is 2. The second-order valence-electron chi connectivity index (χ2n) is 6.54. The number of carbonyl (C=O) groups is 2. The average Bonchev–Trinajstić information content (AvgIpc) is 2.70. The van der Waals surface area contributed by atoms with E-state index in [1.54, 1.807) is 20.1 Å². The molecule has 0 radical (unpaired) electrons. The first-order chi connectivity index (χ1) is 13.5. The van der Waals surface area contributed by atoms with Gasteiger partial charge in [-0.2, -0.15) is 5.26 Å². The van der Waals surface area contributed by atoms with E-state index in [9.17, 15) is 14.9 Å². The van der Waals surface area contributed by atoms with Gasteiger partial charge in [0.1, 0.15) is 11.6 Å². The monoisotopic (exact) mass is 381 g/mol. The molecule has 2 amide bonds. The van der Waals surface area contributed by atoms with Crippen LogP contribution in [0.1, 0.15) is 32.8 Å². The van der Waals surface area contributed by atoms with Gasteiger partial charge >= 0.3 is 0 Å². The van der Waals surface area contributed by atoms with Crippen LogP contribution in [0.3, 0.4) is 0 Å². The fourth-order valence-corrected chi connectivity index (χ4v) is 3.24. The lowest BCUT2D eigenvalue weighted by molar-refractivity contribution is -0.140. The minimum Gasteiger partial charge on any atom is -0.385 e. The summed E-state index contributed by atoms with van der Waals surface area (Å²) in [6.45, 7) is 8.36. The highest BCUT2D eigenvalue weighted by atomic mass is 16.5. The van der Waals surface area contributed by atoms with Crippen LogP contribution in [0.25, 0.3) is 6.08 Å². The van der Waals surface area contributed by atoms with Crippen LogP contribution in [0.4, 0.5) is 5.69 Å². The lowest BCUT2D eigenvalue weighted by atomic mass is 9.93. The van der Waals surface area contributed by atoms with E-state index in [1.807, 2.05) is 30.3 Å². The molecular formula is C22H27N3O3. The second-order valence-corrected chi connectivity index (χ2v) is 6.54. The first-order valence-corrected chi connectivity index (χ1v) is 9.51. The van der Waals surface area contributed by atoms with E-state index in [2.05, 4.69) is 18.7 Å². The number of benzene rings is 1. The van der Waals surface area contributed by atoms with Crippen LogP contribution in [-0.4, -0.2) is 50.1 Å². The summed E-state index contributed by atoms with van der Waals surface area (Å²) < 4.78 is 5.00. The van der Waals surface area contributed by atoms with Gasteiger partial charge in [-0.25, -0.2) is 0 Å². The van der Waals surface area contributed by atoms with Gasteiger partial charge < -0.3 is 9.64 Å². The molecule has 0 unspecified atom stereocenters. The third kappa shape index (κ3) is 4.49. The summed E-state index contributed by atoms with van der Waals surface area (Å²) in [4.78, 5) is 28.8. The van der Waals surface area contributed by atoms with E-state index in [0.717, 1.165) is 29.2 Å². The Morgan fingerprint density at radius 1 is 1.14 bits per heavy atom. The van der Waals surface area contributed by atoms with Crippen molar-refractivity contribution in [3.63, 3.8) is 0 Å². The van der Waals surface area contributed by atoms with Gasteiger partial charge in [0.25, 0.3) is 11.8 Å². The fraction of sp³-hybridized carbons (Fsp3) is 0.409. The molecule has 1 aliphatic heterocycles. The topological polar surface area (TPSA) is 73.6 Å². The number of methoxy groups -OCH3 is 1. The number of nitrogens with zero attached hydrogens (tertiary/aromatic N) is 3. The molecule has 0 saturated heterocycles. The molecule has 0 atom stereocenters. The van der Waals surface area contributed by atoms with Crippen molar-refractivity contribution in [3.8, 4) is 6.07 Å². The number of rotatable bonds is 8. The van der Waals surface area contributed by atoms with E-state index in [4.69, 9.17) is 4.74 Å². The van der Waals surface area contributed by atoms with Crippen molar-refractivity contribution in [2.24, 2.45) is 0 Å². The van der Waals surface area contributed by atoms with Crippen LogP contribution in [-0.2, 0) is 14.3 Å². The smallest absolute Gasteiger partial charge is 0.271 e. The molecule has 1 heterocycles. The van der Waals surface area contributed by atoms with Crippen molar-refractivity contribution in [2.75, 3.05) is 38.3 Å². The second kappa shape index (κ2) is 9.86. The van der Waals surface area contributed by atoms with Crippen LogP contribution in [0.5, 0.6) is 0 Å². The zero-order valence-corrected chi connectivity index (χ0v) is 17.0. The third-order valence-electron chi connectivity index (χ3n) is 4.89. The van der Waals surface area contributed by atoms with Gasteiger partial charge in [-0.15, -0.1) is 0 Å². The summed E-state index contributed by atoms with van der Waals surface area (Å²) >= 11 is 0. The maximum atomic E-state index is 12.9.